The lowest BCUT2D eigenvalue weighted by Gasteiger charge is -2.29. The molecule has 146 valence electrons. The number of thioether (sulfide) groups is 1. The Morgan fingerprint density at radius 2 is 1.08 bits per heavy atom. The molecule has 0 aliphatic carbocycles. The minimum atomic E-state index is -2.46. The van der Waals surface area contributed by atoms with Crippen molar-refractivity contribution in [2.75, 3.05) is 31.3 Å². The van der Waals surface area contributed by atoms with Crippen LogP contribution < -0.4 is 0 Å². The highest BCUT2D eigenvalue weighted by atomic mass is 32.2. The van der Waals surface area contributed by atoms with Gasteiger partial charge in [0.15, 0.2) is 0 Å². The zero-order valence-corrected chi connectivity index (χ0v) is 18.6. The second-order valence-electron chi connectivity index (χ2n) is 6.36. The molecule has 0 aromatic carbocycles. The molecule has 0 bridgehead atoms. The predicted molar refractivity (Wildman–Crippen MR) is 110 cm³/mol. The Bertz CT molecular complexity index is 233. The van der Waals surface area contributed by atoms with E-state index in [0.717, 1.165) is 51.5 Å². The van der Waals surface area contributed by atoms with Gasteiger partial charge in [0, 0.05) is 25.9 Å². The Hall–Kier alpha value is 0.447. The van der Waals surface area contributed by atoms with Gasteiger partial charge in [-0.25, -0.2) is 0 Å². The van der Waals surface area contributed by atoms with Gasteiger partial charge in [-0.1, -0.05) is 53.4 Å². The minimum Gasteiger partial charge on any atom is -0.373 e. The number of hydrogen-bond acceptors (Lipinski definition) is 4. The van der Waals surface area contributed by atoms with E-state index in [0.29, 0.717) is 0 Å². The molecular weight excluding hydrogens is 336 g/mol. The van der Waals surface area contributed by atoms with E-state index in [1.807, 2.05) is 0 Å². The molecule has 0 aromatic rings. The van der Waals surface area contributed by atoms with Crippen LogP contribution in [0.5, 0.6) is 0 Å². The summed E-state index contributed by atoms with van der Waals surface area (Å²) in [4.78, 5) is 0. The molecule has 0 aliphatic heterocycles. The molecular formula is C19H42O3SSi. The van der Waals surface area contributed by atoms with E-state index in [2.05, 4.69) is 39.5 Å². The summed E-state index contributed by atoms with van der Waals surface area (Å²) >= 11 is 2.08. The Morgan fingerprint density at radius 1 is 0.583 bits per heavy atom. The fourth-order valence-corrected chi connectivity index (χ4v) is 6.47. The van der Waals surface area contributed by atoms with Crippen molar-refractivity contribution >= 4 is 20.6 Å². The van der Waals surface area contributed by atoms with Crippen LogP contribution in [0, 0.1) is 0 Å². The van der Waals surface area contributed by atoms with E-state index in [1.165, 1.54) is 43.6 Å². The zero-order valence-electron chi connectivity index (χ0n) is 16.7. The maximum absolute atomic E-state index is 6.14. The van der Waals surface area contributed by atoms with Crippen molar-refractivity contribution < 1.29 is 13.3 Å². The van der Waals surface area contributed by atoms with Crippen molar-refractivity contribution in [2.24, 2.45) is 0 Å². The van der Waals surface area contributed by atoms with Crippen molar-refractivity contribution in [1.29, 1.82) is 0 Å². The largest absolute Gasteiger partial charge is 0.500 e. The average Bonchev–Trinajstić information content (AvgIpc) is 2.61. The topological polar surface area (TPSA) is 27.7 Å². The lowest BCUT2D eigenvalue weighted by molar-refractivity contribution is 0.0591. The van der Waals surface area contributed by atoms with Gasteiger partial charge in [0.05, 0.1) is 0 Å². The van der Waals surface area contributed by atoms with Crippen LogP contribution in [0.3, 0.4) is 0 Å². The lowest BCUT2D eigenvalue weighted by Crippen LogP contribution is -2.46. The van der Waals surface area contributed by atoms with Crippen LogP contribution in [0.25, 0.3) is 0 Å². The second-order valence-corrected chi connectivity index (χ2v) is 10.3. The van der Waals surface area contributed by atoms with Gasteiger partial charge in [0.2, 0.25) is 0 Å². The number of unbranched alkanes of at least 4 members (excludes halogenated alkanes) is 4. The van der Waals surface area contributed by atoms with Crippen molar-refractivity contribution in [1.82, 2.24) is 0 Å². The summed E-state index contributed by atoms with van der Waals surface area (Å²) in [5.41, 5.74) is 0. The van der Waals surface area contributed by atoms with Crippen molar-refractivity contribution in [2.45, 2.75) is 91.5 Å². The number of hydrogen-bond donors (Lipinski definition) is 0. The maximum Gasteiger partial charge on any atom is 0.500 e. The predicted octanol–water partition coefficient (Wildman–Crippen LogP) is 6.30. The fourth-order valence-electron chi connectivity index (χ4n) is 2.41. The van der Waals surface area contributed by atoms with Crippen LogP contribution in [-0.2, 0) is 13.3 Å². The summed E-state index contributed by atoms with van der Waals surface area (Å²) < 4.78 is 18.4. The third-order valence-electron chi connectivity index (χ3n) is 3.74. The fraction of sp³-hybridized carbons (Fsp3) is 1.00. The molecule has 0 fully saturated rings. The normalized spacial score (nSPS) is 12.0. The van der Waals surface area contributed by atoms with E-state index in [9.17, 15) is 0 Å². The average molecular weight is 379 g/mol. The Balaban J connectivity index is 4.07. The van der Waals surface area contributed by atoms with Crippen LogP contribution in [-0.4, -0.2) is 40.1 Å². The van der Waals surface area contributed by atoms with Gasteiger partial charge in [-0.15, -0.1) is 0 Å². The quantitative estimate of drug-likeness (QED) is 0.195. The van der Waals surface area contributed by atoms with Gasteiger partial charge in [-0.05, 0) is 43.6 Å². The molecule has 0 aliphatic rings. The molecule has 0 N–H and O–H groups in total. The standard InChI is InChI=1S/C19H42O3SSi/c1-5-9-10-11-12-17-23-18-13-19-24(20-14-6-2,21-15-7-3)22-16-8-4/h5-19H2,1-4H3. The molecule has 24 heavy (non-hydrogen) atoms. The molecule has 0 heterocycles. The van der Waals surface area contributed by atoms with Gasteiger partial charge in [-0.3, -0.25) is 0 Å². The highest BCUT2D eigenvalue weighted by molar-refractivity contribution is 7.99. The third-order valence-corrected chi connectivity index (χ3v) is 7.79. The van der Waals surface area contributed by atoms with Gasteiger partial charge >= 0.3 is 8.80 Å². The second kappa shape index (κ2) is 18.2. The molecule has 0 spiro atoms. The summed E-state index contributed by atoms with van der Waals surface area (Å²) in [5.74, 6) is 2.49. The molecule has 0 aromatic heterocycles. The molecule has 0 atom stereocenters. The SMILES string of the molecule is CCCCCCCSCCC[Si](OCCC)(OCCC)OCCC. The molecule has 3 nitrogen and oxygen atoms in total. The minimum absolute atomic E-state index is 0.754. The Morgan fingerprint density at radius 3 is 1.58 bits per heavy atom. The van der Waals surface area contributed by atoms with Crippen LogP contribution in [0.2, 0.25) is 6.04 Å². The third kappa shape index (κ3) is 13.7. The lowest BCUT2D eigenvalue weighted by atomic mass is 10.2. The van der Waals surface area contributed by atoms with Crippen LogP contribution in [0.15, 0.2) is 0 Å². The molecule has 5 heteroatoms. The maximum atomic E-state index is 6.14. The van der Waals surface area contributed by atoms with Crippen LogP contribution in [0.1, 0.15) is 85.5 Å². The molecule has 0 saturated heterocycles. The molecule has 0 rings (SSSR count). The summed E-state index contributed by atoms with van der Waals surface area (Å²) in [6.07, 6.45) is 11.1. The van der Waals surface area contributed by atoms with Crippen molar-refractivity contribution in [3.05, 3.63) is 0 Å². The van der Waals surface area contributed by atoms with E-state index in [1.54, 1.807) is 0 Å². The Kier molecular flexibility index (Phi) is 18.6. The van der Waals surface area contributed by atoms with Gasteiger partial charge in [0.1, 0.15) is 0 Å². The first kappa shape index (κ1) is 24.4. The van der Waals surface area contributed by atoms with Gasteiger partial charge in [0.25, 0.3) is 0 Å². The van der Waals surface area contributed by atoms with Crippen LogP contribution >= 0.6 is 11.8 Å². The van der Waals surface area contributed by atoms with E-state index < -0.39 is 8.80 Å². The summed E-state index contributed by atoms with van der Waals surface area (Å²) in [6, 6.07) is 0.968. The highest BCUT2D eigenvalue weighted by Gasteiger charge is 2.40. The first-order valence-electron chi connectivity index (χ1n) is 10.2. The monoisotopic (exact) mass is 378 g/mol. The highest BCUT2D eigenvalue weighted by Crippen LogP contribution is 2.21. The summed E-state index contributed by atoms with van der Waals surface area (Å²) in [6.45, 7) is 11.0. The van der Waals surface area contributed by atoms with E-state index >= 15 is 0 Å². The molecule has 0 amide bonds. The Labute approximate surface area is 157 Å². The van der Waals surface area contributed by atoms with E-state index in [4.69, 9.17) is 13.3 Å². The number of rotatable bonds is 19. The zero-order chi connectivity index (χ0) is 17.9. The van der Waals surface area contributed by atoms with Gasteiger partial charge in [-0.2, -0.15) is 11.8 Å². The molecule has 0 saturated carbocycles. The van der Waals surface area contributed by atoms with Crippen molar-refractivity contribution in [3.8, 4) is 0 Å². The van der Waals surface area contributed by atoms with E-state index in [-0.39, 0.29) is 0 Å². The summed E-state index contributed by atoms with van der Waals surface area (Å²) in [5, 5.41) is 0. The molecule has 0 unspecified atom stereocenters. The smallest absolute Gasteiger partial charge is 0.373 e. The van der Waals surface area contributed by atoms with Crippen LogP contribution in [0.4, 0.5) is 0 Å². The summed E-state index contributed by atoms with van der Waals surface area (Å²) in [7, 11) is -2.46. The first-order valence-corrected chi connectivity index (χ1v) is 13.3. The first-order chi connectivity index (χ1) is 11.7. The molecule has 0 radical (unpaired) electrons. The van der Waals surface area contributed by atoms with Crippen molar-refractivity contribution in [3.63, 3.8) is 0 Å². The van der Waals surface area contributed by atoms with Gasteiger partial charge < -0.3 is 13.3 Å².